The first-order valence-corrected chi connectivity index (χ1v) is 7.75. The van der Waals surface area contributed by atoms with E-state index in [1.54, 1.807) is 0 Å². The average molecular weight is 264 g/mol. The standard InChI is InChI=1S/C15H28N4/c1-4-19(5-2)11-12(3)16-10-15-13-8-6-7-9-14(13)17-18-15/h12,16H,4-11H2,1-3H3,(H,17,18). The van der Waals surface area contributed by atoms with Crippen LogP contribution in [-0.2, 0) is 19.4 Å². The smallest absolute Gasteiger partial charge is 0.0794 e. The zero-order valence-electron chi connectivity index (χ0n) is 12.6. The van der Waals surface area contributed by atoms with Gasteiger partial charge in [0.15, 0.2) is 0 Å². The van der Waals surface area contributed by atoms with Gasteiger partial charge < -0.3 is 10.2 Å². The van der Waals surface area contributed by atoms with E-state index in [0.717, 1.165) is 26.2 Å². The van der Waals surface area contributed by atoms with Gasteiger partial charge in [-0.25, -0.2) is 0 Å². The molecule has 0 bridgehead atoms. The van der Waals surface area contributed by atoms with Crippen molar-refractivity contribution in [2.45, 2.75) is 59.0 Å². The summed E-state index contributed by atoms with van der Waals surface area (Å²) in [6, 6.07) is 0.510. The van der Waals surface area contributed by atoms with Gasteiger partial charge in [-0.3, -0.25) is 5.10 Å². The van der Waals surface area contributed by atoms with E-state index in [1.165, 1.54) is 42.6 Å². The molecule has 2 N–H and O–H groups in total. The molecule has 0 aromatic carbocycles. The van der Waals surface area contributed by atoms with Crippen molar-refractivity contribution < 1.29 is 0 Å². The van der Waals surface area contributed by atoms with Gasteiger partial charge in [-0.1, -0.05) is 13.8 Å². The molecular weight excluding hydrogens is 236 g/mol. The quantitative estimate of drug-likeness (QED) is 0.793. The van der Waals surface area contributed by atoms with E-state index in [1.807, 2.05) is 0 Å². The fourth-order valence-corrected chi connectivity index (χ4v) is 2.90. The SMILES string of the molecule is CCN(CC)CC(C)NCc1n[nH]c2c1CCCC2. The highest BCUT2D eigenvalue weighted by molar-refractivity contribution is 5.27. The van der Waals surface area contributed by atoms with E-state index in [2.05, 4.69) is 41.2 Å². The van der Waals surface area contributed by atoms with Crippen molar-refractivity contribution in [2.75, 3.05) is 19.6 Å². The Kier molecular flexibility index (Phi) is 5.40. The molecule has 1 heterocycles. The number of hydrogen-bond donors (Lipinski definition) is 2. The van der Waals surface area contributed by atoms with Crippen LogP contribution in [0.3, 0.4) is 0 Å². The zero-order chi connectivity index (χ0) is 13.7. The van der Waals surface area contributed by atoms with Crippen molar-refractivity contribution >= 4 is 0 Å². The summed E-state index contributed by atoms with van der Waals surface area (Å²) in [5.41, 5.74) is 4.09. The minimum absolute atomic E-state index is 0.510. The van der Waals surface area contributed by atoms with Gasteiger partial charge in [-0.15, -0.1) is 0 Å². The molecule has 4 nitrogen and oxygen atoms in total. The summed E-state index contributed by atoms with van der Waals surface area (Å²) in [5.74, 6) is 0. The number of H-pyrrole nitrogens is 1. The minimum Gasteiger partial charge on any atom is -0.307 e. The fourth-order valence-electron chi connectivity index (χ4n) is 2.90. The molecule has 1 unspecified atom stereocenters. The van der Waals surface area contributed by atoms with Gasteiger partial charge in [0, 0.05) is 24.8 Å². The molecule has 0 fully saturated rings. The molecule has 0 amide bonds. The van der Waals surface area contributed by atoms with Gasteiger partial charge in [0.25, 0.3) is 0 Å². The first-order chi connectivity index (χ1) is 9.24. The second kappa shape index (κ2) is 7.06. The van der Waals surface area contributed by atoms with Crippen LogP contribution < -0.4 is 5.32 Å². The highest BCUT2D eigenvalue weighted by Crippen LogP contribution is 2.21. The molecule has 0 saturated carbocycles. The fraction of sp³-hybridized carbons (Fsp3) is 0.800. The number of fused-ring (bicyclic) bond motifs is 1. The van der Waals surface area contributed by atoms with Gasteiger partial charge in [0.05, 0.1) is 5.69 Å². The van der Waals surface area contributed by atoms with Crippen LogP contribution in [0.25, 0.3) is 0 Å². The monoisotopic (exact) mass is 264 g/mol. The maximum Gasteiger partial charge on any atom is 0.0794 e. The van der Waals surface area contributed by atoms with Crippen LogP contribution >= 0.6 is 0 Å². The molecule has 1 aliphatic rings. The topological polar surface area (TPSA) is 44.0 Å². The third-order valence-corrected chi connectivity index (χ3v) is 4.19. The molecule has 0 spiro atoms. The van der Waals surface area contributed by atoms with Gasteiger partial charge in [0.2, 0.25) is 0 Å². The molecule has 0 radical (unpaired) electrons. The van der Waals surface area contributed by atoms with Crippen molar-refractivity contribution in [3.63, 3.8) is 0 Å². The lowest BCUT2D eigenvalue weighted by Crippen LogP contribution is -2.39. The Morgan fingerprint density at radius 3 is 2.74 bits per heavy atom. The molecular formula is C15H28N4. The van der Waals surface area contributed by atoms with E-state index in [0.29, 0.717) is 6.04 Å². The van der Waals surface area contributed by atoms with E-state index < -0.39 is 0 Å². The Morgan fingerprint density at radius 2 is 2.00 bits per heavy atom. The second-order valence-electron chi connectivity index (χ2n) is 5.60. The highest BCUT2D eigenvalue weighted by atomic mass is 15.2. The maximum atomic E-state index is 4.49. The molecule has 0 saturated heterocycles. The Balaban J connectivity index is 1.83. The minimum atomic E-state index is 0.510. The summed E-state index contributed by atoms with van der Waals surface area (Å²) < 4.78 is 0. The Bertz CT molecular complexity index is 381. The normalized spacial score (nSPS) is 16.6. The lowest BCUT2D eigenvalue weighted by molar-refractivity contribution is 0.270. The first kappa shape index (κ1) is 14.5. The summed E-state index contributed by atoms with van der Waals surface area (Å²) in [7, 11) is 0. The van der Waals surface area contributed by atoms with E-state index >= 15 is 0 Å². The number of nitrogens with one attached hydrogen (secondary N) is 2. The van der Waals surface area contributed by atoms with Crippen LogP contribution in [0.1, 0.15) is 50.6 Å². The van der Waals surface area contributed by atoms with E-state index in [-0.39, 0.29) is 0 Å². The summed E-state index contributed by atoms with van der Waals surface area (Å²) in [6.07, 6.45) is 5.00. The number of likely N-dealkylation sites (N-methyl/N-ethyl adjacent to an activating group) is 1. The molecule has 4 heteroatoms. The summed E-state index contributed by atoms with van der Waals surface area (Å²) in [5, 5.41) is 11.3. The van der Waals surface area contributed by atoms with Crippen molar-refractivity contribution in [1.82, 2.24) is 20.4 Å². The Labute approximate surface area is 117 Å². The lowest BCUT2D eigenvalue weighted by Gasteiger charge is -2.23. The van der Waals surface area contributed by atoms with Gasteiger partial charge in [-0.05, 0) is 51.3 Å². The number of hydrogen-bond acceptors (Lipinski definition) is 3. The van der Waals surface area contributed by atoms with Crippen LogP contribution in [-0.4, -0.2) is 40.8 Å². The summed E-state index contributed by atoms with van der Waals surface area (Å²) in [6.45, 7) is 11.0. The number of aryl methyl sites for hydroxylation is 1. The highest BCUT2D eigenvalue weighted by Gasteiger charge is 2.17. The molecule has 2 rings (SSSR count). The molecule has 1 atom stereocenters. The molecule has 0 aliphatic heterocycles. The number of rotatable bonds is 7. The predicted molar refractivity (Wildman–Crippen MR) is 79.3 cm³/mol. The summed E-state index contributed by atoms with van der Waals surface area (Å²) in [4.78, 5) is 2.46. The van der Waals surface area contributed by atoms with Crippen LogP contribution in [0.4, 0.5) is 0 Å². The second-order valence-corrected chi connectivity index (χ2v) is 5.60. The largest absolute Gasteiger partial charge is 0.307 e. The van der Waals surface area contributed by atoms with Gasteiger partial charge in [-0.2, -0.15) is 5.10 Å². The average Bonchev–Trinajstić information content (AvgIpc) is 2.86. The van der Waals surface area contributed by atoms with Crippen LogP contribution in [0, 0.1) is 0 Å². The zero-order valence-corrected chi connectivity index (χ0v) is 12.6. The maximum absolute atomic E-state index is 4.49. The van der Waals surface area contributed by atoms with Gasteiger partial charge in [0.1, 0.15) is 0 Å². The van der Waals surface area contributed by atoms with Crippen molar-refractivity contribution in [3.05, 3.63) is 17.0 Å². The third-order valence-electron chi connectivity index (χ3n) is 4.19. The van der Waals surface area contributed by atoms with Crippen LogP contribution in [0.5, 0.6) is 0 Å². The third kappa shape index (κ3) is 3.80. The molecule has 19 heavy (non-hydrogen) atoms. The van der Waals surface area contributed by atoms with Crippen molar-refractivity contribution in [3.8, 4) is 0 Å². The molecule has 108 valence electrons. The van der Waals surface area contributed by atoms with Crippen LogP contribution in [0.2, 0.25) is 0 Å². The number of aromatic nitrogens is 2. The Hall–Kier alpha value is -0.870. The van der Waals surface area contributed by atoms with Crippen molar-refractivity contribution in [1.29, 1.82) is 0 Å². The van der Waals surface area contributed by atoms with Crippen LogP contribution in [0.15, 0.2) is 0 Å². The molecule has 1 aliphatic carbocycles. The van der Waals surface area contributed by atoms with Gasteiger partial charge >= 0.3 is 0 Å². The first-order valence-electron chi connectivity index (χ1n) is 7.75. The lowest BCUT2D eigenvalue weighted by atomic mass is 9.96. The van der Waals surface area contributed by atoms with Crippen molar-refractivity contribution in [2.24, 2.45) is 0 Å². The number of aromatic amines is 1. The molecule has 1 aromatic rings. The van der Waals surface area contributed by atoms with E-state index in [4.69, 9.17) is 0 Å². The summed E-state index contributed by atoms with van der Waals surface area (Å²) >= 11 is 0. The Morgan fingerprint density at radius 1 is 1.26 bits per heavy atom. The molecule has 1 aromatic heterocycles. The predicted octanol–water partition coefficient (Wildman–Crippen LogP) is 2.11. The number of nitrogens with zero attached hydrogens (tertiary/aromatic N) is 2. The van der Waals surface area contributed by atoms with E-state index in [9.17, 15) is 0 Å².